The van der Waals surface area contributed by atoms with Gasteiger partial charge in [0.15, 0.2) is 5.78 Å². The fourth-order valence-corrected chi connectivity index (χ4v) is 2.98. The maximum atomic E-state index is 13.3. The van der Waals surface area contributed by atoms with Crippen LogP contribution in [0.2, 0.25) is 0 Å². The zero-order chi connectivity index (χ0) is 16.5. The van der Waals surface area contributed by atoms with Crippen molar-refractivity contribution >= 4 is 5.78 Å². The molecule has 122 valence electrons. The van der Waals surface area contributed by atoms with Crippen molar-refractivity contribution in [3.63, 3.8) is 0 Å². The quantitative estimate of drug-likeness (QED) is 0.811. The van der Waals surface area contributed by atoms with E-state index in [4.69, 9.17) is 0 Å². The minimum Gasteiger partial charge on any atom is -0.307 e. The van der Waals surface area contributed by atoms with E-state index in [1.54, 1.807) is 13.0 Å². The summed E-state index contributed by atoms with van der Waals surface area (Å²) in [6, 6.07) is 2.78. The highest BCUT2D eigenvalue weighted by atomic mass is 19.4. The van der Waals surface area contributed by atoms with Crippen LogP contribution in [0.5, 0.6) is 0 Å². The van der Waals surface area contributed by atoms with Gasteiger partial charge in [-0.15, -0.1) is 0 Å². The number of nitrogens with one attached hydrogen (secondary N) is 1. The van der Waals surface area contributed by atoms with E-state index in [2.05, 4.69) is 12.2 Å². The van der Waals surface area contributed by atoms with E-state index < -0.39 is 11.7 Å². The van der Waals surface area contributed by atoms with Crippen molar-refractivity contribution in [2.24, 2.45) is 0 Å². The molecule has 5 heteroatoms. The zero-order valence-corrected chi connectivity index (χ0v) is 13.2. The molecule has 22 heavy (non-hydrogen) atoms. The number of hydrogen-bond donors (Lipinski definition) is 1. The number of rotatable bonds is 5. The summed E-state index contributed by atoms with van der Waals surface area (Å²) in [6.07, 6.45) is -1.04. The van der Waals surface area contributed by atoms with Crippen molar-refractivity contribution in [3.05, 3.63) is 34.4 Å². The lowest BCUT2D eigenvalue weighted by atomic mass is 9.78. The fourth-order valence-electron chi connectivity index (χ4n) is 2.98. The molecular formula is C17H22F3NO. The first-order valence-electron chi connectivity index (χ1n) is 7.65. The summed E-state index contributed by atoms with van der Waals surface area (Å²) in [7, 11) is 0. The average molecular weight is 313 g/mol. The summed E-state index contributed by atoms with van der Waals surface area (Å²) in [5.41, 5.74) is 0.130. The van der Waals surface area contributed by atoms with Crippen LogP contribution in [-0.4, -0.2) is 11.3 Å². The number of ketones is 1. The van der Waals surface area contributed by atoms with Gasteiger partial charge in [0.05, 0.1) is 5.56 Å². The van der Waals surface area contributed by atoms with Crippen LogP contribution in [-0.2, 0) is 19.1 Å². The molecule has 1 saturated carbocycles. The van der Waals surface area contributed by atoms with Crippen LogP contribution in [0.3, 0.4) is 0 Å². The van der Waals surface area contributed by atoms with E-state index in [1.807, 2.05) is 0 Å². The van der Waals surface area contributed by atoms with Gasteiger partial charge >= 0.3 is 6.18 Å². The molecule has 0 radical (unpaired) electrons. The fraction of sp³-hybridized carbons (Fsp3) is 0.588. The molecule has 2 nitrogen and oxygen atoms in total. The molecule has 1 aromatic carbocycles. The Hall–Kier alpha value is -1.36. The number of alkyl halides is 3. The molecule has 0 aromatic heterocycles. The monoisotopic (exact) mass is 313 g/mol. The second-order valence-corrected chi connectivity index (χ2v) is 6.34. The van der Waals surface area contributed by atoms with Gasteiger partial charge in [0.1, 0.15) is 0 Å². The van der Waals surface area contributed by atoms with Crippen molar-refractivity contribution in [2.75, 3.05) is 0 Å². The number of halogens is 3. The largest absolute Gasteiger partial charge is 0.416 e. The van der Waals surface area contributed by atoms with Crippen molar-refractivity contribution in [1.29, 1.82) is 0 Å². The van der Waals surface area contributed by atoms with Gasteiger partial charge in [0.2, 0.25) is 0 Å². The van der Waals surface area contributed by atoms with Crippen molar-refractivity contribution in [3.8, 4) is 0 Å². The SMILES string of the molecule is CCc1c(C(C)=O)cc(CNC2(C)CCC2)cc1C(F)(F)F. The van der Waals surface area contributed by atoms with Crippen molar-refractivity contribution in [2.45, 2.75) is 64.7 Å². The van der Waals surface area contributed by atoms with Crippen LogP contribution in [0.4, 0.5) is 13.2 Å². The summed E-state index contributed by atoms with van der Waals surface area (Å²) in [5.74, 6) is -0.320. The third kappa shape index (κ3) is 3.51. The number of benzene rings is 1. The third-order valence-corrected chi connectivity index (χ3v) is 4.52. The standard InChI is InChI=1S/C17H22F3NO/c1-4-13-14(11(2)22)8-12(9-15(13)17(18,19)20)10-21-16(3)6-5-7-16/h8-9,21H,4-7,10H2,1-3H3. The molecular weight excluding hydrogens is 291 g/mol. The Morgan fingerprint density at radius 2 is 1.95 bits per heavy atom. The Morgan fingerprint density at radius 3 is 2.36 bits per heavy atom. The molecule has 0 saturated heterocycles. The van der Waals surface area contributed by atoms with Gasteiger partial charge in [-0.1, -0.05) is 6.92 Å². The first kappa shape index (κ1) is 17.0. The molecule has 1 fully saturated rings. The maximum Gasteiger partial charge on any atom is 0.416 e. The lowest BCUT2D eigenvalue weighted by Crippen LogP contribution is -2.47. The van der Waals surface area contributed by atoms with Crippen LogP contribution in [0.1, 0.15) is 67.1 Å². The molecule has 0 bridgehead atoms. The highest BCUT2D eigenvalue weighted by Gasteiger charge is 2.35. The van der Waals surface area contributed by atoms with Gasteiger partial charge in [-0.3, -0.25) is 4.79 Å². The number of hydrogen-bond acceptors (Lipinski definition) is 2. The predicted octanol–water partition coefficient (Wildman–Crippen LogP) is 4.50. The normalized spacial score (nSPS) is 17.2. The first-order chi connectivity index (χ1) is 10.2. The highest BCUT2D eigenvalue weighted by Crippen LogP contribution is 2.36. The second kappa shape index (κ2) is 6.03. The van der Waals surface area contributed by atoms with E-state index in [0.717, 1.165) is 19.3 Å². The first-order valence-corrected chi connectivity index (χ1v) is 7.65. The molecule has 0 spiro atoms. The van der Waals surface area contributed by atoms with Gasteiger partial charge in [-0.25, -0.2) is 0 Å². The third-order valence-electron chi connectivity index (χ3n) is 4.52. The van der Waals surface area contributed by atoms with Gasteiger partial charge in [-0.05, 0) is 62.8 Å². The van der Waals surface area contributed by atoms with E-state index >= 15 is 0 Å². The Balaban J connectivity index is 2.38. The number of carbonyl (C=O) groups excluding carboxylic acids is 1. The van der Waals surface area contributed by atoms with Crippen LogP contribution in [0, 0.1) is 0 Å². The predicted molar refractivity (Wildman–Crippen MR) is 79.9 cm³/mol. The minimum absolute atomic E-state index is 0.0121. The lowest BCUT2D eigenvalue weighted by Gasteiger charge is -2.39. The lowest BCUT2D eigenvalue weighted by molar-refractivity contribution is -0.138. The molecule has 0 heterocycles. The summed E-state index contributed by atoms with van der Waals surface area (Å²) < 4.78 is 39.8. The molecule has 0 amide bonds. The van der Waals surface area contributed by atoms with Gasteiger partial charge in [-0.2, -0.15) is 13.2 Å². The summed E-state index contributed by atoms with van der Waals surface area (Å²) in [4.78, 5) is 11.7. The Morgan fingerprint density at radius 1 is 1.32 bits per heavy atom. The molecule has 0 unspecified atom stereocenters. The molecule has 1 aliphatic carbocycles. The van der Waals surface area contributed by atoms with Gasteiger partial charge < -0.3 is 5.32 Å². The zero-order valence-electron chi connectivity index (χ0n) is 13.2. The number of carbonyl (C=O) groups is 1. The van der Waals surface area contributed by atoms with Gasteiger partial charge in [0.25, 0.3) is 0 Å². The summed E-state index contributed by atoms with van der Waals surface area (Å²) >= 11 is 0. The Bertz CT molecular complexity index is 574. The van der Waals surface area contributed by atoms with Crippen LogP contribution in [0.25, 0.3) is 0 Å². The van der Waals surface area contributed by atoms with Crippen LogP contribution < -0.4 is 5.32 Å². The Labute approximate surface area is 129 Å². The van der Waals surface area contributed by atoms with Crippen molar-refractivity contribution in [1.82, 2.24) is 5.32 Å². The summed E-state index contributed by atoms with van der Waals surface area (Å²) in [5, 5.41) is 3.32. The van der Waals surface area contributed by atoms with Gasteiger partial charge in [0, 0.05) is 17.6 Å². The van der Waals surface area contributed by atoms with Crippen LogP contribution in [0.15, 0.2) is 12.1 Å². The minimum atomic E-state index is -4.44. The maximum absolute atomic E-state index is 13.3. The molecule has 0 aliphatic heterocycles. The molecule has 0 atom stereocenters. The topological polar surface area (TPSA) is 29.1 Å². The van der Waals surface area contributed by atoms with E-state index in [1.165, 1.54) is 13.0 Å². The van der Waals surface area contributed by atoms with E-state index in [9.17, 15) is 18.0 Å². The second-order valence-electron chi connectivity index (χ2n) is 6.34. The Kier molecular flexibility index (Phi) is 4.66. The smallest absolute Gasteiger partial charge is 0.307 e. The molecule has 1 aromatic rings. The molecule has 1 aliphatic rings. The van der Waals surface area contributed by atoms with E-state index in [0.29, 0.717) is 12.1 Å². The average Bonchev–Trinajstić information content (AvgIpc) is 2.40. The summed E-state index contributed by atoms with van der Waals surface area (Å²) in [6.45, 7) is 5.39. The number of Topliss-reactive ketones (excluding diaryl/α,β-unsaturated/α-hetero) is 1. The molecule has 2 rings (SSSR count). The van der Waals surface area contributed by atoms with Crippen LogP contribution >= 0.6 is 0 Å². The highest BCUT2D eigenvalue weighted by molar-refractivity contribution is 5.96. The van der Waals surface area contributed by atoms with E-state index in [-0.39, 0.29) is 28.9 Å². The molecule has 1 N–H and O–H groups in total. The van der Waals surface area contributed by atoms with Crippen molar-refractivity contribution < 1.29 is 18.0 Å².